The van der Waals surface area contributed by atoms with Gasteiger partial charge < -0.3 is 14.2 Å². The average Bonchev–Trinajstić information content (AvgIpc) is 2.97. The Kier molecular flexibility index (Phi) is 5.53. The lowest BCUT2D eigenvalue weighted by atomic mass is 9.98. The number of carbonyl (C=O) groups is 1. The maximum absolute atomic E-state index is 13.9. The number of amides is 1. The molecule has 0 bridgehead atoms. The maximum atomic E-state index is 13.9. The van der Waals surface area contributed by atoms with Crippen molar-refractivity contribution in [3.8, 4) is 5.75 Å². The zero-order valence-electron chi connectivity index (χ0n) is 16.8. The van der Waals surface area contributed by atoms with E-state index in [1.165, 1.54) is 18.9 Å². The summed E-state index contributed by atoms with van der Waals surface area (Å²) in [5, 5.41) is 0. The molecule has 0 N–H and O–H groups in total. The fraction of sp³-hybridized carbons (Fsp3) is 0.524. The molecule has 27 heavy (non-hydrogen) atoms. The number of rotatable bonds is 5. The largest absolute Gasteiger partial charge is 0.494 e. The summed E-state index contributed by atoms with van der Waals surface area (Å²) in [4.78, 5) is 19.6. The Morgan fingerprint density at radius 3 is 2.70 bits per heavy atom. The van der Waals surface area contributed by atoms with Crippen molar-refractivity contribution >= 4 is 5.91 Å². The molecule has 2 aromatic rings. The summed E-state index contributed by atoms with van der Waals surface area (Å²) in [6.45, 7) is 7.41. The van der Waals surface area contributed by atoms with Crippen molar-refractivity contribution in [1.29, 1.82) is 0 Å². The van der Waals surface area contributed by atoms with Crippen molar-refractivity contribution in [2.45, 2.75) is 46.1 Å². The van der Waals surface area contributed by atoms with Crippen LogP contribution in [0.2, 0.25) is 0 Å². The van der Waals surface area contributed by atoms with Crippen LogP contribution in [0.25, 0.3) is 0 Å². The highest BCUT2D eigenvalue weighted by Gasteiger charge is 2.28. The van der Waals surface area contributed by atoms with Gasteiger partial charge in [-0.25, -0.2) is 9.37 Å². The van der Waals surface area contributed by atoms with Gasteiger partial charge in [-0.3, -0.25) is 4.79 Å². The summed E-state index contributed by atoms with van der Waals surface area (Å²) in [7, 11) is 3.50. The summed E-state index contributed by atoms with van der Waals surface area (Å²) in [6, 6.07) is 4.87. The molecule has 6 heteroatoms. The van der Waals surface area contributed by atoms with Gasteiger partial charge in [0, 0.05) is 37.5 Å². The second-order valence-corrected chi connectivity index (χ2v) is 7.66. The molecule has 0 saturated carbocycles. The van der Waals surface area contributed by atoms with Crippen LogP contribution in [0, 0.1) is 11.7 Å². The van der Waals surface area contributed by atoms with Gasteiger partial charge in [-0.15, -0.1) is 0 Å². The number of benzene rings is 1. The van der Waals surface area contributed by atoms with E-state index in [0.717, 1.165) is 23.5 Å². The first-order valence-corrected chi connectivity index (χ1v) is 9.47. The predicted octanol–water partition coefficient (Wildman–Crippen LogP) is 3.45. The van der Waals surface area contributed by atoms with E-state index >= 15 is 0 Å². The molecule has 1 aliphatic rings. The molecule has 1 aromatic carbocycles. The molecule has 0 aliphatic carbocycles. The first kappa shape index (κ1) is 19.4. The summed E-state index contributed by atoms with van der Waals surface area (Å²) in [5.74, 6) is 1.12. The van der Waals surface area contributed by atoms with Crippen LogP contribution >= 0.6 is 0 Å². The molecule has 1 aromatic heterocycles. The number of methoxy groups -OCH3 is 1. The van der Waals surface area contributed by atoms with E-state index in [4.69, 9.17) is 9.72 Å². The van der Waals surface area contributed by atoms with Gasteiger partial charge in [0.2, 0.25) is 5.91 Å². The van der Waals surface area contributed by atoms with Crippen molar-refractivity contribution in [1.82, 2.24) is 14.5 Å². The molecule has 5 nitrogen and oxygen atoms in total. The molecule has 0 spiro atoms. The fourth-order valence-corrected chi connectivity index (χ4v) is 3.84. The first-order valence-electron chi connectivity index (χ1n) is 9.47. The molecule has 2 heterocycles. The maximum Gasteiger partial charge on any atom is 0.226 e. The van der Waals surface area contributed by atoms with Gasteiger partial charge in [0.05, 0.1) is 19.3 Å². The number of fused-ring (bicyclic) bond motifs is 1. The Hall–Kier alpha value is -2.37. The highest BCUT2D eigenvalue weighted by atomic mass is 19.1. The predicted molar refractivity (Wildman–Crippen MR) is 102 cm³/mol. The Labute approximate surface area is 160 Å². The Morgan fingerprint density at radius 2 is 2.07 bits per heavy atom. The van der Waals surface area contributed by atoms with E-state index in [-0.39, 0.29) is 17.6 Å². The molecule has 0 fully saturated rings. The zero-order chi connectivity index (χ0) is 19.7. The molecule has 1 amide bonds. The normalized spacial score (nSPS) is 15.0. The van der Waals surface area contributed by atoms with Gasteiger partial charge in [-0.05, 0) is 24.1 Å². The fourth-order valence-electron chi connectivity index (χ4n) is 3.84. The summed E-state index contributed by atoms with van der Waals surface area (Å²) >= 11 is 0. The lowest BCUT2D eigenvalue weighted by Gasteiger charge is -2.29. The average molecular weight is 373 g/mol. The number of nitrogens with zero attached hydrogens (tertiary/aromatic N) is 3. The quantitative estimate of drug-likeness (QED) is 0.806. The SMILES string of the molecule is COc1ccc(CC(C)C(=O)N2CCc3c(nc(C(C)C)n3C)C2)cc1F. The van der Waals surface area contributed by atoms with Gasteiger partial charge in [-0.2, -0.15) is 0 Å². The third-order valence-electron chi connectivity index (χ3n) is 5.30. The van der Waals surface area contributed by atoms with Crippen LogP contribution in [0.5, 0.6) is 5.75 Å². The lowest BCUT2D eigenvalue weighted by molar-refractivity contribution is -0.136. The standard InChI is InChI=1S/C21H28FN3O2/c1-13(2)20-23-17-12-25(9-8-18(17)24(20)4)21(26)14(3)10-15-6-7-19(27-5)16(22)11-15/h6-7,11,13-14H,8-10,12H2,1-5H3. The number of halogens is 1. The van der Waals surface area contributed by atoms with Gasteiger partial charge in [-0.1, -0.05) is 26.8 Å². The molecule has 146 valence electrons. The van der Waals surface area contributed by atoms with Crippen LogP contribution in [-0.4, -0.2) is 34.0 Å². The molecule has 1 atom stereocenters. The minimum Gasteiger partial charge on any atom is -0.494 e. The monoisotopic (exact) mass is 373 g/mol. The second-order valence-electron chi connectivity index (χ2n) is 7.66. The zero-order valence-corrected chi connectivity index (χ0v) is 16.8. The van der Waals surface area contributed by atoms with E-state index < -0.39 is 5.82 Å². The van der Waals surface area contributed by atoms with Crippen molar-refractivity contribution in [3.63, 3.8) is 0 Å². The molecule has 1 aliphatic heterocycles. The van der Waals surface area contributed by atoms with Crippen molar-refractivity contribution in [2.24, 2.45) is 13.0 Å². The lowest BCUT2D eigenvalue weighted by Crippen LogP contribution is -2.40. The van der Waals surface area contributed by atoms with Crippen LogP contribution < -0.4 is 4.74 Å². The van der Waals surface area contributed by atoms with Crippen molar-refractivity contribution in [3.05, 3.63) is 46.8 Å². The van der Waals surface area contributed by atoms with E-state index in [1.807, 2.05) is 17.9 Å². The van der Waals surface area contributed by atoms with E-state index in [1.54, 1.807) is 6.07 Å². The Bertz CT molecular complexity index is 844. The Morgan fingerprint density at radius 1 is 1.33 bits per heavy atom. The summed E-state index contributed by atoms with van der Waals surface area (Å²) in [6.07, 6.45) is 1.32. The Balaban J connectivity index is 1.69. The molecular weight excluding hydrogens is 345 g/mol. The van der Waals surface area contributed by atoms with Crippen LogP contribution in [0.1, 0.15) is 49.5 Å². The third-order valence-corrected chi connectivity index (χ3v) is 5.30. The number of carbonyl (C=O) groups excluding carboxylic acids is 1. The highest BCUT2D eigenvalue weighted by molar-refractivity contribution is 5.79. The summed E-state index contributed by atoms with van der Waals surface area (Å²) in [5.41, 5.74) is 3.03. The third kappa shape index (κ3) is 3.84. The number of hydrogen-bond acceptors (Lipinski definition) is 3. The molecular formula is C21H28FN3O2. The first-order chi connectivity index (χ1) is 12.8. The highest BCUT2D eigenvalue weighted by Crippen LogP contribution is 2.25. The molecule has 1 unspecified atom stereocenters. The van der Waals surface area contributed by atoms with Crippen LogP contribution in [0.3, 0.4) is 0 Å². The van der Waals surface area contributed by atoms with Gasteiger partial charge in [0.25, 0.3) is 0 Å². The van der Waals surface area contributed by atoms with Crippen LogP contribution in [0.15, 0.2) is 18.2 Å². The van der Waals surface area contributed by atoms with Crippen LogP contribution in [0.4, 0.5) is 4.39 Å². The second kappa shape index (κ2) is 7.71. The van der Waals surface area contributed by atoms with E-state index in [0.29, 0.717) is 25.4 Å². The molecule has 3 rings (SSSR count). The van der Waals surface area contributed by atoms with Gasteiger partial charge >= 0.3 is 0 Å². The minimum atomic E-state index is -0.396. The molecule has 0 saturated heterocycles. The molecule has 0 radical (unpaired) electrons. The van der Waals surface area contributed by atoms with Gasteiger partial charge in [0.1, 0.15) is 5.82 Å². The number of hydrogen-bond donors (Lipinski definition) is 0. The number of ether oxygens (including phenoxy) is 1. The topological polar surface area (TPSA) is 47.4 Å². The number of aromatic nitrogens is 2. The van der Waals surface area contributed by atoms with E-state index in [2.05, 4.69) is 25.5 Å². The smallest absolute Gasteiger partial charge is 0.226 e. The minimum absolute atomic E-state index is 0.0913. The van der Waals surface area contributed by atoms with Crippen molar-refractivity contribution in [2.75, 3.05) is 13.7 Å². The van der Waals surface area contributed by atoms with Crippen LogP contribution in [-0.2, 0) is 31.2 Å². The van der Waals surface area contributed by atoms with E-state index in [9.17, 15) is 9.18 Å². The van der Waals surface area contributed by atoms with Gasteiger partial charge in [0.15, 0.2) is 11.6 Å². The van der Waals surface area contributed by atoms with Crippen molar-refractivity contribution < 1.29 is 13.9 Å². The number of imidazole rings is 1. The summed E-state index contributed by atoms with van der Waals surface area (Å²) < 4.78 is 21.0.